The molecule has 0 radical (unpaired) electrons. The second-order valence-electron chi connectivity index (χ2n) is 6.25. The van der Waals surface area contributed by atoms with Gasteiger partial charge < -0.3 is 19.6 Å². The van der Waals surface area contributed by atoms with E-state index in [1.807, 2.05) is 6.26 Å². The Morgan fingerprint density at radius 2 is 1.35 bits per heavy atom. The molecule has 8 heteroatoms. The normalized spacial score (nSPS) is 21.0. The van der Waals surface area contributed by atoms with Gasteiger partial charge in [-0.2, -0.15) is 9.97 Å². The summed E-state index contributed by atoms with van der Waals surface area (Å²) in [5.74, 6) is 1.77. The van der Waals surface area contributed by atoms with Crippen LogP contribution in [-0.4, -0.2) is 92.5 Å². The molecule has 0 aliphatic carbocycles. The molecule has 0 amide bonds. The van der Waals surface area contributed by atoms with Gasteiger partial charge in [0.05, 0.1) is 4.90 Å². The summed E-state index contributed by atoms with van der Waals surface area (Å²) < 4.78 is 0. The van der Waals surface area contributed by atoms with E-state index in [0.717, 1.165) is 69.0 Å². The molecule has 0 saturated carbocycles. The van der Waals surface area contributed by atoms with Crippen molar-refractivity contribution >= 4 is 35.1 Å². The molecule has 6 nitrogen and oxygen atoms in total. The van der Waals surface area contributed by atoms with Crippen molar-refractivity contribution in [3.63, 3.8) is 0 Å². The largest absolute Gasteiger partial charge is 0.353 e. The summed E-state index contributed by atoms with van der Waals surface area (Å²) in [4.78, 5) is 19.7. The third kappa shape index (κ3) is 3.84. The molecule has 2 aliphatic rings. The van der Waals surface area contributed by atoms with Gasteiger partial charge in [-0.25, -0.2) is 0 Å². The topological polar surface area (TPSA) is 38.7 Å². The highest BCUT2D eigenvalue weighted by Gasteiger charge is 2.24. The van der Waals surface area contributed by atoms with Gasteiger partial charge in [0.15, 0.2) is 0 Å². The number of likely N-dealkylation sites (N-methyl/N-ethyl adjacent to an activating group) is 2. The average Bonchev–Trinajstić information content (AvgIpc) is 2.55. The van der Waals surface area contributed by atoms with Crippen LogP contribution in [0.5, 0.6) is 0 Å². The lowest BCUT2D eigenvalue weighted by atomic mass is 10.3. The first-order valence-corrected chi connectivity index (χ1v) is 9.67. The minimum Gasteiger partial charge on any atom is -0.353 e. The quantitative estimate of drug-likeness (QED) is 0.598. The van der Waals surface area contributed by atoms with Gasteiger partial charge in [0.25, 0.3) is 0 Å². The summed E-state index contributed by atoms with van der Waals surface area (Å²) in [5, 5.41) is 0.579. The standard InChI is InChI=1S/C15H25ClN6S/c1-19-4-8-21(9-5-19)14-12(23-3)13(16)17-15(18-14)22-10-6-20(2)7-11-22/h4-11H2,1-3H3. The summed E-state index contributed by atoms with van der Waals surface area (Å²) in [7, 11) is 4.31. The molecule has 23 heavy (non-hydrogen) atoms. The highest BCUT2D eigenvalue weighted by atomic mass is 35.5. The first-order valence-electron chi connectivity index (χ1n) is 8.07. The zero-order valence-corrected chi connectivity index (χ0v) is 15.7. The van der Waals surface area contributed by atoms with E-state index < -0.39 is 0 Å². The lowest BCUT2D eigenvalue weighted by Gasteiger charge is -2.36. The number of halogens is 1. The second-order valence-corrected chi connectivity index (χ2v) is 7.43. The fourth-order valence-corrected chi connectivity index (χ4v) is 3.92. The van der Waals surface area contributed by atoms with Gasteiger partial charge in [-0.15, -0.1) is 11.8 Å². The average molecular weight is 357 g/mol. The van der Waals surface area contributed by atoms with E-state index in [-0.39, 0.29) is 0 Å². The van der Waals surface area contributed by atoms with E-state index in [2.05, 4.69) is 38.7 Å². The first-order chi connectivity index (χ1) is 11.1. The predicted octanol–water partition coefficient (Wildman–Crippen LogP) is 1.36. The van der Waals surface area contributed by atoms with Crippen LogP contribution in [0, 0.1) is 0 Å². The van der Waals surface area contributed by atoms with Gasteiger partial charge in [-0.1, -0.05) is 11.6 Å². The number of hydrogen-bond acceptors (Lipinski definition) is 7. The number of hydrogen-bond donors (Lipinski definition) is 0. The molecule has 0 atom stereocenters. The van der Waals surface area contributed by atoms with Gasteiger partial charge in [0, 0.05) is 52.4 Å². The minimum absolute atomic E-state index is 0.579. The van der Waals surface area contributed by atoms with Crippen molar-refractivity contribution in [2.24, 2.45) is 0 Å². The van der Waals surface area contributed by atoms with Crippen LogP contribution in [0.15, 0.2) is 4.90 Å². The molecular formula is C15H25ClN6S. The highest BCUT2D eigenvalue weighted by molar-refractivity contribution is 7.98. The Morgan fingerprint density at radius 3 is 1.87 bits per heavy atom. The van der Waals surface area contributed by atoms with Crippen molar-refractivity contribution in [2.75, 3.05) is 82.5 Å². The van der Waals surface area contributed by atoms with E-state index in [4.69, 9.17) is 16.6 Å². The molecule has 3 rings (SSSR count). The lowest BCUT2D eigenvalue weighted by Crippen LogP contribution is -2.46. The number of rotatable bonds is 3. The predicted molar refractivity (Wildman–Crippen MR) is 98.2 cm³/mol. The number of piperazine rings is 2. The third-order valence-corrected chi connectivity index (χ3v) is 5.76. The Labute approximate surface area is 147 Å². The molecule has 0 aromatic carbocycles. The Kier molecular flexibility index (Phi) is 5.51. The van der Waals surface area contributed by atoms with Crippen molar-refractivity contribution in [3.05, 3.63) is 5.15 Å². The zero-order valence-electron chi connectivity index (χ0n) is 14.1. The van der Waals surface area contributed by atoms with Crippen molar-refractivity contribution < 1.29 is 0 Å². The van der Waals surface area contributed by atoms with Gasteiger partial charge in [0.2, 0.25) is 5.95 Å². The molecule has 1 aromatic rings. The molecule has 0 bridgehead atoms. The van der Waals surface area contributed by atoms with Crippen LogP contribution in [0.2, 0.25) is 5.15 Å². The maximum absolute atomic E-state index is 6.48. The Bertz CT molecular complexity index is 541. The Balaban J connectivity index is 1.87. The van der Waals surface area contributed by atoms with Crippen LogP contribution >= 0.6 is 23.4 Å². The molecule has 0 unspecified atom stereocenters. The maximum atomic E-state index is 6.48. The lowest BCUT2D eigenvalue weighted by molar-refractivity contribution is 0.309. The van der Waals surface area contributed by atoms with Crippen molar-refractivity contribution in [1.82, 2.24) is 19.8 Å². The molecule has 0 N–H and O–H groups in total. The number of nitrogens with zero attached hydrogens (tertiary/aromatic N) is 6. The van der Waals surface area contributed by atoms with Gasteiger partial charge in [-0.3, -0.25) is 0 Å². The molecular weight excluding hydrogens is 332 g/mol. The van der Waals surface area contributed by atoms with Crippen molar-refractivity contribution in [1.29, 1.82) is 0 Å². The van der Waals surface area contributed by atoms with Gasteiger partial charge in [0.1, 0.15) is 11.0 Å². The van der Waals surface area contributed by atoms with Crippen LogP contribution in [0.4, 0.5) is 11.8 Å². The SMILES string of the molecule is CSc1c(Cl)nc(N2CCN(C)CC2)nc1N1CCN(C)CC1. The number of thioether (sulfide) groups is 1. The third-order valence-electron chi connectivity index (χ3n) is 4.59. The van der Waals surface area contributed by atoms with Crippen LogP contribution in [0.25, 0.3) is 0 Å². The summed E-state index contributed by atoms with van der Waals surface area (Å²) in [6.07, 6.45) is 2.04. The molecule has 1 aromatic heterocycles. The molecule has 3 heterocycles. The molecule has 0 spiro atoms. The summed E-state index contributed by atoms with van der Waals surface area (Å²) in [5.41, 5.74) is 0. The highest BCUT2D eigenvalue weighted by Crippen LogP contribution is 2.34. The monoisotopic (exact) mass is 356 g/mol. The molecule has 2 saturated heterocycles. The second kappa shape index (κ2) is 7.42. The van der Waals surface area contributed by atoms with Crippen molar-refractivity contribution in [2.45, 2.75) is 4.90 Å². The van der Waals surface area contributed by atoms with E-state index in [1.165, 1.54) is 0 Å². The van der Waals surface area contributed by atoms with Crippen LogP contribution in [-0.2, 0) is 0 Å². The molecule has 128 valence electrons. The van der Waals surface area contributed by atoms with Gasteiger partial charge in [-0.05, 0) is 20.4 Å². The summed E-state index contributed by atoms with van der Waals surface area (Å²) >= 11 is 8.12. The van der Waals surface area contributed by atoms with Crippen LogP contribution in [0.3, 0.4) is 0 Å². The van der Waals surface area contributed by atoms with E-state index >= 15 is 0 Å². The van der Waals surface area contributed by atoms with Crippen molar-refractivity contribution in [3.8, 4) is 0 Å². The fourth-order valence-electron chi connectivity index (χ4n) is 2.96. The van der Waals surface area contributed by atoms with E-state index in [0.29, 0.717) is 5.15 Å². The van der Waals surface area contributed by atoms with E-state index in [9.17, 15) is 0 Å². The van der Waals surface area contributed by atoms with Crippen LogP contribution < -0.4 is 9.80 Å². The minimum atomic E-state index is 0.579. The Hall–Kier alpha value is -0.760. The van der Waals surface area contributed by atoms with Crippen LogP contribution in [0.1, 0.15) is 0 Å². The number of aromatic nitrogens is 2. The summed E-state index contributed by atoms with van der Waals surface area (Å²) in [6, 6.07) is 0. The molecule has 2 aliphatic heterocycles. The summed E-state index contributed by atoms with van der Waals surface area (Å²) in [6.45, 7) is 8.06. The fraction of sp³-hybridized carbons (Fsp3) is 0.733. The van der Waals surface area contributed by atoms with E-state index in [1.54, 1.807) is 11.8 Å². The molecule has 2 fully saturated rings. The Morgan fingerprint density at radius 1 is 0.826 bits per heavy atom. The number of anilines is 2. The van der Waals surface area contributed by atoms with Gasteiger partial charge >= 0.3 is 0 Å². The first kappa shape index (κ1) is 17.1. The maximum Gasteiger partial charge on any atom is 0.228 e. The zero-order chi connectivity index (χ0) is 16.4. The smallest absolute Gasteiger partial charge is 0.228 e.